The highest BCUT2D eigenvalue weighted by atomic mass is 32.2. The zero-order chi connectivity index (χ0) is 18.6. The lowest BCUT2D eigenvalue weighted by Crippen LogP contribution is -2.23. The van der Waals surface area contributed by atoms with Crippen molar-refractivity contribution in [2.45, 2.75) is 20.3 Å². The van der Waals surface area contributed by atoms with E-state index in [1.807, 2.05) is 55.6 Å². The number of benzene rings is 1. The third kappa shape index (κ3) is 4.87. The molecule has 0 fully saturated rings. The van der Waals surface area contributed by atoms with E-state index < -0.39 is 10.0 Å². The number of rotatable bonds is 7. The van der Waals surface area contributed by atoms with Crippen LogP contribution in [0.15, 0.2) is 47.2 Å². The van der Waals surface area contributed by atoms with Gasteiger partial charge in [0.15, 0.2) is 0 Å². The van der Waals surface area contributed by atoms with Crippen LogP contribution in [0.1, 0.15) is 22.6 Å². The molecule has 8 heteroatoms. The summed E-state index contributed by atoms with van der Waals surface area (Å²) in [6, 6.07) is 11.3. The number of hydrogen-bond acceptors (Lipinski definition) is 5. The van der Waals surface area contributed by atoms with Crippen molar-refractivity contribution in [1.82, 2.24) is 19.5 Å². The molecular formula is C18H20N4O2S2. The molecule has 0 spiro atoms. The van der Waals surface area contributed by atoms with Gasteiger partial charge in [0.1, 0.15) is 0 Å². The number of aryl methyl sites for hydroxylation is 2. The van der Waals surface area contributed by atoms with Crippen molar-refractivity contribution < 1.29 is 8.42 Å². The number of nitrogens with one attached hydrogen (secondary N) is 1. The van der Waals surface area contributed by atoms with E-state index in [-0.39, 0.29) is 0 Å². The highest BCUT2D eigenvalue weighted by Crippen LogP contribution is 2.17. The van der Waals surface area contributed by atoms with Gasteiger partial charge in [-0.1, -0.05) is 30.3 Å². The minimum absolute atomic E-state index is 0.293. The van der Waals surface area contributed by atoms with Crippen molar-refractivity contribution in [3.8, 4) is 5.13 Å². The highest BCUT2D eigenvalue weighted by Gasteiger charge is 2.10. The van der Waals surface area contributed by atoms with Gasteiger partial charge in [0, 0.05) is 29.4 Å². The maximum atomic E-state index is 12.0. The molecule has 0 radical (unpaired) electrons. The summed E-state index contributed by atoms with van der Waals surface area (Å²) in [5.74, 6) is 0. The molecular weight excluding hydrogens is 368 g/mol. The van der Waals surface area contributed by atoms with E-state index in [9.17, 15) is 8.42 Å². The third-order valence-corrected chi connectivity index (χ3v) is 5.62. The number of thiazole rings is 1. The normalized spacial score (nSPS) is 12.1. The predicted molar refractivity (Wildman–Crippen MR) is 105 cm³/mol. The van der Waals surface area contributed by atoms with Gasteiger partial charge in [-0.15, -0.1) is 11.3 Å². The Morgan fingerprint density at radius 2 is 2.00 bits per heavy atom. The van der Waals surface area contributed by atoms with Crippen molar-refractivity contribution in [3.63, 3.8) is 0 Å². The molecule has 0 aliphatic rings. The monoisotopic (exact) mass is 388 g/mol. The van der Waals surface area contributed by atoms with Crippen molar-refractivity contribution in [2.24, 2.45) is 0 Å². The summed E-state index contributed by atoms with van der Waals surface area (Å²) < 4.78 is 28.4. The Morgan fingerprint density at radius 3 is 2.69 bits per heavy atom. The summed E-state index contributed by atoms with van der Waals surface area (Å²) in [6.45, 7) is 4.21. The fraction of sp³-hybridized carbons (Fsp3) is 0.222. The van der Waals surface area contributed by atoms with E-state index in [1.54, 1.807) is 10.8 Å². The fourth-order valence-electron chi connectivity index (χ4n) is 2.43. The molecule has 26 heavy (non-hydrogen) atoms. The summed E-state index contributed by atoms with van der Waals surface area (Å²) >= 11 is 1.49. The van der Waals surface area contributed by atoms with Gasteiger partial charge in [0.25, 0.3) is 0 Å². The summed E-state index contributed by atoms with van der Waals surface area (Å²) in [5.41, 5.74) is 3.64. The largest absolute Gasteiger partial charge is 0.233 e. The topological polar surface area (TPSA) is 76.9 Å². The summed E-state index contributed by atoms with van der Waals surface area (Å²) in [6.07, 6.45) is 2.10. The van der Waals surface area contributed by atoms with Crippen LogP contribution in [0, 0.1) is 13.8 Å². The molecule has 0 saturated carbocycles. The van der Waals surface area contributed by atoms with Crippen LogP contribution in [0.2, 0.25) is 0 Å². The number of hydrogen-bond donors (Lipinski definition) is 1. The molecule has 136 valence electrons. The Hall–Kier alpha value is -2.29. The summed E-state index contributed by atoms with van der Waals surface area (Å²) in [4.78, 5) is 4.53. The molecule has 0 amide bonds. The Morgan fingerprint density at radius 1 is 1.23 bits per heavy atom. The van der Waals surface area contributed by atoms with Gasteiger partial charge in [0.2, 0.25) is 15.2 Å². The first-order valence-corrected chi connectivity index (χ1v) is 10.6. The van der Waals surface area contributed by atoms with Gasteiger partial charge in [0.05, 0.1) is 11.4 Å². The number of aromatic nitrogens is 3. The molecule has 0 saturated heterocycles. The number of sulfonamides is 1. The standard InChI is InChI=1S/C18H20N4O2S2/c1-14-12-15(2)22(21-14)18-20-17(13-25-18)8-10-19-26(23,24)11-9-16-6-4-3-5-7-16/h3-7,9,11-13,19H,8,10H2,1-2H3/b11-9+. The fourth-order valence-corrected chi connectivity index (χ4v) is 4.12. The van der Waals surface area contributed by atoms with Gasteiger partial charge >= 0.3 is 0 Å². The van der Waals surface area contributed by atoms with Gasteiger partial charge < -0.3 is 0 Å². The minimum atomic E-state index is -3.47. The minimum Gasteiger partial charge on any atom is -0.223 e. The van der Waals surface area contributed by atoms with Crippen LogP contribution in [-0.2, 0) is 16.4 Å². The molecule has 2 aromatic heterocycles. The van der Waals surface area contributed by atoms with E-state index >= 15 is 0 Å². The Balaban J connectivity index is 1.56. The lowest BCUT2D eigenvalue weighted by Gasteiger charge is -2.01. The predicted octanol–water partition coefficient (Wildman–Crippen LogP) is 3.08. The van der Waals surface area contributed by atoms with Crippen LogP contribution in [0.4, 0.5) is 0 Å². The van der Waals surface area contributed by atoms with Crippen LogP contribution in [0.5, 0.6) is 0 Å². The molecule has 2 heterocycles. The Labute approximate surface area is 157 Å². The summed E-state index contributed by atoms with van der Waals surface area (Å²) in [7, 11) is -3.47. The van der Waals surface area contributed by atoms with E-state index in [0.29, 0.717) is 13.0 Å². The van der Waals surface area contributed by atoms with Crippen LogP contribution in [0.25, 0.3) is 11.2 Å². The first kappa shape index (κ1) is 18.5. The zero-order valence-electron chi connectivity index (χ0n) is 14.6. The average Bonchev–Trinajstić information content (AvgIpc) is 3.20. The molecule has 0 aliphatic carbocycles. The van der Waals surface area contributed by atoms with Gasteiger partial charge in [-0.3, -0.25) is 0 Å². The molecule has 6 nitrogen and oxygen atoms in total. The molecule has 3 rings (SSSR count). The summed E-state index contributed by atoms with van der Waals surface area (Å²) in [5, 5.41) is 8.32. The molecule has 0 atom stereocenters. The van der Waals surface area contributed by atoms with E-state index in [4.69, 9.17) is 0 Å². The second-order valence-electron chi connectivity index (χ2n) is 5.86. The average molecular weight is 389 g/mol. The van der Waals surface area contributed by atoms with E-state index in [1.165, 1.54) is 16.7 Å². The molecule has 1 N–H and O–H groups in total. The van der Waals surface area contributed by atoms with Gasteiger partial charge in [-0.05, 0) is 31.6 Å². The maximum Gasteiger partial charge on any atom is 0.233 e. The molecule has 1 aromatic carbocycles. The Kier molecular flexibility index (Phi) is 5.65. The smallest absolute Gasteiger partial charge is 0.223 e. The van der Waals surface area contributed by atoms with E-state index in [0.717, 1.165) is 27.8 Å². The van der Waals surface area contributed by atoms with Crippen molar-refractivity contribution >= 4 is 27.4 Å². The highest BCUT2D eigenvalue weighted by molar-refractivity contribution is 7.92. The second-order valence-corrected chi connectivity index (χ2v) is 8.35. The lowest BCUT2D eigenvalue weighted by atomic mass is 10.2. The first-order valence-electron chi connectivity index (χ1n) is 8.14. The third-order valence-electron chi connectivity index (χ3n) is 3.65. The lowest BCUT2D eigenvalue weighted by molar-refractivity contribution is 0.590. The second kappa shape index (κ2) is 7.94. The quantitative estimate of drug-likeness (QED) is 0.675. The van der Waals surface area contributed by atoms with Crippen LogP contribution >= 0.6 is 11.3 Å². The number of nitrogens with zero attached hydrogens (tertiary/aromatic N) is 3. The SMILES string of the molecule is Cc1cc(C)n(-c2nc(CCNS(=O)(=O)/C=C/c3ccccc3)cs2)n1. The van der Waals surface area contributed by atoms with Crippen molar-refractivity contribution in [3.05, 3.63) is 69.8 Å². The van der Waals surface area contributed by atoms with E-state index in [2.05, 4.69) is 14.8 Å². The maximum absolute atomic E-state index is 12.0. The van der Waals surface area contributed by atoms with Crippen LogP contribution in [0.3, 0.4) is 0 Å². The van der Waals surface area contributed by atoms with Crippen molar-refractivity contribution in [2.75, 3.05) is 6.54 Å². The zero-order valence-corrected chi connectivity index (χ0v) is 16.2. The van der Waals surface area contributed by atoms with Gasteiger partial charge in [-0.2, -0.15) is 5.10 Å². The van der Waals surface area contributed by atoms with Crippen LogP contribution < -0.4 is 4.72 Å². The van der Waals surface area contributed by atoms with Crippen molar-refractivity contribution in [1.29, 1.82) is 0 Å². The van der Waals surface area contributed by atoms with Gasteiger partial charge in [-0.25, -0.2) is 22.8 Å². The molecule has 0 unspecified atom stereocenters. The molecule has 0 aliphatic heterocycles. The molecule has 3 aromatic rings. The first-order chi connectivity index (χ1) is 12.4. The molecule has 0 bridgehead atoms. The van der Waals surface area contributed by atoms with Crippen LogP contribution in [-0.4, -0.2) is 29.7 Å². The Bertz CT molecular complexity index is 1010.